The van der Waals surface area contributed by atoms with Gasteiger partial charge >= 0.3 is 33.8 Å². The summed E-state index contributed by atoms with van der Waals surface area (Å²) in [5.74, 6) is 0. The van der Waals surface area contributed by atoms with Crippen molar-refractivity contribution in [2.75, 3.05) is 0 Å². The van der Waals surface area contributed by atoms with E-state index < -0.39 is 40.2 Å². The van der Waals surface area contributed by atoms with Crippen LogP contribution in [0.15, 0.2) is 0 Å². The molecule has 0 aliphatic heterocycles. The molecule has 12 heteroatoms. The van der Waals surface area contributed by atoms with Crippen LogP contribution in [0.3, 0.4) is 0 Å². The third kappa shape index (κ3) is 5.94. The molecular weight excluding hydrogens is 372 g/mol. The topological polar surface area (TPSA) is 163 Å². The fourth-order valence-electron chi connectivity index (χ4n) is 2.26. The molecule has 0 unspecified atom stereocenters. The lowest BCUT2D eigenvalue weighted by Crippen LogP contribution is -2.52. The Bertz CT molecular complexity index is 583. The van der Waals surface area contributed by atoms with Gasteiger partial charge in [0.1, 0.15) is 0 Å². The molecule has 0 saturated carbocycles. The van der Waals surface area contributed by atoms with E-state index in [4.69, 9.17) is 13.7 Å². The highest BCUT2D eigenvalue weighted by molar-refractivity contribution is 8.21. The smallest absolute Gasteiger partial charge is 0.283 e. The molecule has 0 amide bonds. The van der Waals surface area contributed by atoms with Crippen LogP contribution in [0.25, 0.3) is 0 Å². The normalized spacial score (nSPS) is 14.1. The van der Waals surface area contributed by atoms with Crippen molar-refractivity contribution in [1.29, 1.82) is 0 Å². The van der Waals surface area contributed by atoms with Crippen molar-refractivity contribution in [2.24, 2.45) is 0 Å². The predicted molar refractivity (Wildman–Crippen MR) is 84.6 cm³/mol. The van der Waals surface area contributed by atoms with Crippen molar-refractivity contribution in [3.05, 3.63) is 0 Å². The summed E-state index contributed by atoms with van der Waals surface area (Å²) in [5, 5.41) is 0. The van der Waals surface area contributed by atoms with Crippen LogP contribution >= 0.6 is 0 Å². The van der Waals surface area contributed by atoms with Crippen molar-refractivity contribution < 1.29 is 38.9 Å². The average molecular weight is 397 g/mol. The first-order valence-corrected chi connectivity index (χ1v) is 11.5. The molecule has 0 radical (unpaired) electrons. The van der Waals surface area contributed by atoms with Crippen molar-refractivity contribution in [3.63, 3.8) is 0 Å². The average Bonchev–Trinajstić information content (AvgIpc) is 2.32. The maximum atomic E-state index is 11.3. The SMILES string of the molecule is CCCCCCCCCCC(S(=O)(=O)O)(S(=O)(=O)O)S(=O)(=O)O. The predicted octanol–water partition coefficient (Wildman–Crippen LogP) is 1.83. The van der Waals surface area contributed by atoms with Crippen LogP contribution in [0.2, 0.25) is 0 Å². The fourth-order valence-corrected chi connectivity index (χ4v) is 6.66. The van der Waals surface area contributed by atoms with E-state index in [2.05, 4.69) is 6.92 Å². The second-order valence-corrected chi connectivity index (χ2v) is 11.0. The molecule has 3 N–H and O–H groups in total. The number of hydrogen-bond acceptors (Lipinski definition) is 6. The summed E-state index contributed by atoms with van der Waals surface area (Å²) in [6.45, 7) is 2.06. The third-order valence-electron chi connectivity index (χ3n) is 3.52. The molecule has 0 atom stereocenters. The molecule has 140 valence electrons. The summed E-state index contributed by atoms with van der Waals surface area (Å²) < 4.78 is 90.5. The van der Waals surface area contributed by atoms with Gasteiger partial charge in [-0.2, -0.15) is 25.3 Å². The Balaban J connectivity index is 4.98. The van der Waals surface area contributed by atoms with Gasteiger partial charge in [-0.1, -0.05) is 51.9 Å². The van der Waals surface area contributed by atoms with Crippen molar-refractivity contribution in [1.82, 2.24) is 0 Å². The summed E-state index contributed by atoms with van der Waals surface area (Å²) in [7, 11) is -17.5. The quantitative estimate of drug-likeness (QED) is 0.330. The minimum Gasteiger partial charge on any atom is -0.283 e. The first-order valence-electron chi connectivity index (χ1n) is 7.22. The molecule has 0 spiro atoms. The van der Waals surface area contributed by atoms with E-state index in [0.717, 1.165) is 32.1 Å². The van der Waals surface area contributed by atoms with Crippen molar-refractivity contribution in [2.45, 2.75) is 68.1 Å². The Labute approximate surface area is 137 Å². The van der Waals surface area contributed by atoms with Crippen LogP contribution in [0.4, 0.5) is 0 Å². The standard InChI is InChI=1S/C11H24O9S3/c1-2-3-4-5-6-7-8-9-10-11(21(12,13)14,22(15,16)17)23(18,19)20/h2-10H2,1H3,(H,12,13,14)(H,15,16,17)(H,18,19,20). The van der Waals surface area contributed by atoms with E-state index in [1.54, 1.807) is 0 Å². The summed E-state index contributed by atoms with van der Waals surface area (Å²) >= 11 is 0. The molecule has 23 heavy (non-hydrogen) atoms. The van der Waals surface area contributed by atoms with Crippen LogP contribution in [-0.4, -0.2) is 42.3 Å². The van der Waals surface area contributed by atoms with Crippen LogP contribution in [-0.2, 0) is 30.4 Å². The van der Waals surface area contributed by atoms with E-state index in [1.807, 2.05) is 0 Å². The van der Waals surface area contributed by atoms with Crippen LogP contribution in [0.5, 0.6) is 0 Å². The summed E-state index contributed by atoms with van der Waals surface area (Å²) in [6.07, 6.45) is 4.42. The number of hydrogen-bond donors (Lipinski definition) is 3. The minimum absolute atomic E-state index is 0.229. The first-order chi connectivity index (χ1) is 10.3. The van der Waals surface area contributed by atoms with Crippen LogP contribution in [0.1, 0.15) is 64.7 Å². The minimum atomic E-state index is -5.82. The third-order valence-corrected chi connectivity index (χ3v) is 10.3. The highest BCUT2D eigenvalue weighted by atomic mass is 32.3. The van der Waals surface area contributed by atoms with E-state index in [-0.39, 0.29) is 12.8 Å². The number of unbranched alkanes of at least 4 members (excludes halogenated alkanes) is 7. The highest BCUT2D eigenvalue weighted by Gasteiger charge is 2.64. The van der Waals surface area contributed by atoms with Crippen molar-refractivity contribution >= 4 is 30.4 Å². The van der Waals surface area contributed by atoms with Crippen LogP contribution in [0, 0.1) is 0 Å². The van der Waals surface area contributed by atoms with E-state index >= 15 is 0 Å². The summed E-state index contributed by atoms with van der Waals surface area (Å²) in [5.41, 5.74) is 0. The molecule has 0 aromatic heterocycles. The number of rotatable bonds is 12. The molecule has 9 nitrogen and oxygen atoms in total. The van der Waals surface area contributed by atoms with Crippen LogP contribution < -0.4 is 0 Å². The van der Waals surface area contributed by atoms with Gasteiger partial charge in [0.15, 0.2) is 0 Å². The summed E-state index contributed by atoms with van der Waals surface area (Å²) in [6, 6.07) is 0. The molecule has 0 saturated heterocycles. The molecule has 0 heterocycles. The zero-order chi connectivity index (χ0) is 18.4. The molecule has 0 fully saturated rings. The van der Waals surface area contributed by atoms with E-state index in [9.17, 15) is 25.3 Å². The monoisotopic (exact) mass is 396 g/mol. The second-order valence-electron chi connectivity index (χ2n) is 5.33. The van der Waals surface area contributed by atoms with E-state index in [1.165, 1.54) is 0 Å². The molecular formula is C11H24O9S3. The lowest BCUT2D eigenvalue weighted by atomic mass is 10.1. The molecule has 0 aromatic carbocycles. The zero-order valence-electron chi connectivity index (χ0n) is 12.9. The second kappa shape index (κ2) is 8.72. The lowest BCUT2D eigenvalue weighted by molar-refractivity contribution is 0.411. The van der Waals surface area contributed by atoms with E-state index in [0.29, 0.717) is 6.42 Å². The van der Waals surface area contributed by atoms with Gasteiger partial charge in [0.25, 0.3) is 0 Å². The molecule has 0 aliphatic rings. The zero-order valence-corrected chi connectivity index (χ0v) is 15.3. The Kier molecular flexibility index (Phi) is 8.61. The Morgan fingerprint density at radius 2 is 0.913 bits per heavy atom. The van der Waals surface area contributed by atoms with Gasteiger partial charge in [-0.3, -0.25) is 13.7 Å². The van der Waals surface area contributed by atoms with Gasteiger partial charge in [-0.15, -0.1) is 0 Å². The largest absolute Gasteiger partial charge is 0.345 e. The molecule has 0 aliphatic carbocycles. The maximum absolute atomic E-state index is 11.3. The van der Waals surface area contributed by atoms with Gasteiger partial charge in [-0.25, -0.2) is 0 Å². The molecule has 0 rings (SSSR count). The van der Waals surface area contributed by atoms with Gasteiger partial charge in [0, 0.05) is 6.42 Å². The first kappa shape index (κ1) is 22.7. The molecule has 0 aromatic rings. The van der Waals surface area contributed by atoms with Gasteiger partial charge in [0.05, 0.1) is 0 Å². The Hall–Kier alpha value is -0.270. The molecule has 0 bridgehead atoms. The van der Waals surface area contributed by atoms with Crippen molar-refractivity contribution in [3.8, 4) is 0 Å². The Morgan fingerprint density at radius 3 is 1.22 bits per heavy atom. The van der Waals surface area contributed by atoms with Gasteiger partial charge < -0.3 is 0 Å². The van der Waals surface area contributed by atoms with Gasteiger partial charge in [0.2, 0.25) is 0 Å². The van der Waals surface area contributed by atoms with Gasteiger partial charge in [-0.05, 0) is 6.42 Å². The summed E-state index contributed by atoms with van der Waals surface area (Å²) in [4.78, 5) is 0. The Morgan fingerprint density at radius 1 is 0.609 bits per heavy atom. The fraction of sp³-hybridized carbons (Fsp3) is 1.00. The highest BCUT2D eigenvalue weighted by Crippen LogP contribution is 2.35. The lowest BCUT2D eigenvalue weighted by Gasteiger charge is -2.23. The maximum Gasteiger partial charge on any atom is 0.345 e.